The van der Waals surface area contributed by atoms with Gasteiger partial charge in [-0.25, -0.2) is 0 Å². The quantitative estimate of drug-likeness (QED) is 0.679. The van der Waals surface area contributed by atoms with Crippen LogP contribution in [0.1, 0.15) is 21.9 Å². The van der Waals surface area contributed by atoms with E-state index in [4.69, 9.17) is 10.2 Å². The first kappa shape index (κ1) is 11.0. The molecule has 0 amide bonds. The van der Waals surface area contributed by atoms with Gasteiger partial charge >= 0.3 is 0 Å². The number of nitrogens with two attached hydrogens (primary N) is 1. The van der Waals surface area contributed by atoms with Crippen molar-refractivity contribution in [2.75, 3.05) is 5.73 Å². The summed E-state index contributed by atoms with van der Waals surface area (Å²) in [7, 11) is 0. The summed E-state index contributed by atoms with van der Waals surface area (Å²) in [6.07, 6.45) is 0. The molecule has 0 aliphatic heterocycles. The van der Waals surface area contributed by atoms with Crippen molar-refractivity contribution in [3.8, 4) is 0 Å². The molecule has 2 N–H and O–H groups in total. The molecule has 0 aliphatic rings. The van der Waals surface area contributed by atoms with E-state index in [1.165, 1.54) is 0 Å². The summed E-state index contributed by atoms with van der Waals surface area (Å²) < 4.78 is 5.89. The lowest BCUT2D eigenvalue weighted by atomic mass is 10.1. The second-order valence-corrected chi connectivity index (χ2v) is 4.24. The number of nitrogen functional groups attached to an aromatic ring is 1. The summed E-state index contributed by atoms with van der Waals surface area (Å²) in [4.78, 5) is 12.1. The third-order valence-electron chi connectivity index (χ3n) is 2.24. The van der Waals surface area contributed by atoms with Crippen molar-refractivity contribution in [2.24, 2.45) is 0 Å². The number of carbonyl (C=O) groups is 1. The fraction of sp³-hybridized carbons (Fsp3) is 0.0833. The molecule has 0 atom stereocenters. The largest absolute Gasteiger partial charge is 0.458 e. The van der Waals surface area contributed by atoms with Crippen LogP contribution >= 0.6 is 15.9 Å². The number of rotatable bonds is 2. The fourth-order valence-corrected chi connectivity index (χ4v) is 1.86. The number of carbonyl (C=O) groups excluding carboxylic acids is 1. The van der Waals surface area contributed by atoms with Gasteiger partial charge in [0.2, 0.25) is 5.78 Å². The minimum absolute atomic E-state index is 0.174. The minimum atomic E-state index is -0.174. The van der Waals surface area contributed by atoms with E-state index < -0.39 is 0 Å². The molecule has 0 aliphatic carbocycles. The fourth-order valence-electron chi connectivity index (χ4n) is 1.41. The van der Waals surface area contributed by atoms with E-state index in [0.29, 0.717) is 27.2 Å². The number of hydrogen-bond donors (Lipinski definition) is 1. The topological polar surface area (TPSA) is 56.2 Å². The molecule has 0 saturated carbocycles. The SMILES string of the molecule is Cc1ccc(C(=O)c2cccc(N)c2Br)o1. The summed E-state index contributed by atoms with van der Waals surface area (Å²) in [5.74, 6) is 0.861. The predicted molar refractivity (Wildman–Crippen MR) is 65.4 cm³/mol. The first-order valence-electron chi connectivity index (χ1n) is 4.74. The third kappa shape index (κ3) is 1.88. The molecule has 82 valence electrons. The maximum absolute atomic E-state index is 12.1. The number of hydrogen-bond acceptors (Lipinski definition) is 3. The van der Waals surface area contributed by atoms with Crippen LogP contribution in [0.4, 0.5) is 5.69 Å². The lowest BCUT2D eigenvalue weighted by molar-refractivity contribution is 0.101. The van der Waals surface area contributed by atoms with Crippen LogP contribution in [0.3, 0.4) is 0 Å². The number of aryl methyl sites for hydroxylation is 1. The Balaban J connectivity index is 2.45. The highest BCUT2D eigenvalue weighted by Crippen LogP contribution is 2.26. The van der Waals surface area contributed by atoms with Crippen molar-refractivity contribution >= 4 is 27.4 Å². The average Bonchev–Trinajstić information content (AvgIpc) is 2.68. The molecule has 0 saturated heterocycles. The lowest BCUT2D eigenvalue weighted by Crippen LogP contribution is -2.02. The van der Waals surface area contributed by atoms with E-state index in [1.54, 1.807) is 37.3 Å². The molecular weight excluding hydrogens is 270 g/mol. The Morgan fingerprint density at radius 2 is 2.06 bits per heavy atom. The Morgan fingerprint density at radius 3 is 2.69 bits per heavy atom. The normalized spacial score (nSPS) is 10.4. The van der Waals surface area contributed by atoms with Crippen molar-refractivity contribution in [2.45, 2.75) is 6.92 Å². The van der Waals surface area contributed by atoms with Crippen LogP contribution in [0.25, 0.3) is 0 Å². The molecule has 2 aromatic rings. The van der Waals surface area contributed by atoms with Gasteiger partial charge in [0, 0.05) is 11.3 Å². The summed E-state index contributed by atoms with van der Waals surface area (Å²) in [5.41, 5.74) is 6.76. The zero-order valence-electron chi connectivity index (χ0n) is 8.66. The number of furan rings is 1. The standard InChI is InChI=1S/C12H10BrNO2/c1-7-5-6-10(16-7)12(15)8-3-2-4-9(14)11(8)13/h2-6H,14H2,1H3. The van der Waals surface area contributed by atoms with Crippen LogP contribution in [-0.2, 0) is 0 Å². The molecule has 0 spiro atoms. The van der Waals surface area contributed by atoms with Gasteiger partial charge in [0.15, 0.2) is 5.76 Å². The van der Waals surface area contributed by atoms with Gasteiger partial charge < -0.3 is 10.2 Å². The van der Waals surface area contributed by atoms with Crippen molar-refractivity contribution in [1.29, 1.82) is 0 Å². The molecule has 2 rings (SSSR count). The zero-order valence-corrected chi connectivity index (χ0v) is 10.2. The Hall–Kier alpha value is -1.55. The number of ketones is 1. The second kappa shape index (κ2) is 4.14. The molecule has 0 fully saturated rings. The molecule has 4 heteroatoms. The average molecular weight is 280 g/mol. The lowest BCUT2D eigenvalue weighted by Gasteiger charge is -2.03. The van der Waals surface area contributed by atoms with Crippen LogP contribution in [-0.4, -0.2) is 5.78 Å². The Morgan fingerprint density at radius 1 is 1.31 bits per heavy atom. The van der Waals surface area contributed by atoms with Gasteiger partial charge in [0.25, 0.3) is 0 Å². The molecule has 0 radical (unpaired) electrons. The number of halogens is 1. The number of benzene rings is 1. The van der Waals surface area contributed by atoms with E-state index in [9.17, 15) is 4.79 Å². The van der Waals surface area contributed by atoms with Gasteiger partial charge in [-0.2, -0.15) is 0 Å². The molecule has 0 bridgehead atoms. The summed E-state index contributed by atoms with van der Waals surface area (Å²) >= 11 is 3.30. The zero-order chi connectivity index (χ0) is 11.7. The van der Waals surface area contributed by atoms with E-state index in [1.807, 2.05) is 0 Å². The monoisotopic (exact) mass is 279 g/mol. The van der Waals surface area contributed by atoms with Crippen molar-refractivity contribution in [3.05, 3.63) is 51.9 Å². The van der Waals surface area contributed by atoms with Gasteiger partial charge in [-0.05, 0) is 47.1 Å². The van der Waals surface area contributed by atoms with Crippen molar-refractivity contribution in [3.63, 3.8) is 0 Å². The summed E-state index contributed by atoms with van der Waals surface area (Å²) in [5, 5.41) is 0. The van der Waals surface area contributed by atoms with Crippen LogP contribution in [0.5, 0.6) is 0 Å². The molecule has 16 heavy (non-hydrogen) atoms. The maximum atomic E-state index is 12.1. The molecule has 1 heterocycles. The molecule has 0 unspecified atom stereocenters. The smallest absolute Gasteiger partial charge is 0.229 e. The summed E-state index contributed by atoms with van der Waals surface area (Å²) in [6.45, 7) is 1.80. The molecule has 1 aromatic heterocycles. The van der Waals surface area contributed by atoms with Gasteiger partial charge in [0.05, 0.1) is 4.47 Å². The molecule has 1 aromatic carbocycles. The Labute approximate surface area is 101 Å². The Bertz CT molecular complexity index is 546. The van der Waals surface area contributed by atoms with Gasteiger partial charge in [-0.1, -0.05) is 6.07 Å². The highest BCUT2D eigenvalue weighted by Gasteiger charge is 2.16. The summed E-state index contributed by atoms with van der Waals surface area (Å²) in [6, 6.07) is 8.60. The second-order valence-electron chi connectivity index (χ2n) is 3.45. The molecule has 3 nitrogen and oxygen atoms in total. The number of anilines is 1. The van der Waals surface area contributed by atoms with Crippen LogP contribution in [0.2, 0.25) is 0 Å². The highest BCUT2D eigenvalue weighted by atomic mass is 79.9. The van der Waals surface area contributed by atoms with E-state index in [0.717, 1.165) is 0 Å². The Kier molecular flexibility index (Phi) is 2.83. The van der Waals surface area contributed by atoms with Gasteiger partial charge in [0.1, 0.15) is 5.76 Å². The van der Waals surface area contributed by atoms with Crippen LogP contribution in [0, 0.1) is 6.92 Å². The predicted octanol–water partition coefficient (Wildman–Crippen LogP) is 3.16. The minimum Gasteiger partial charge on any atom is -0.458 e. The molecular formula is C12H10BrNO2. The van der Waals surface area contributed by atoms with Crippen LogP contribution in [0.15, 0.2) is 39.2 Å². The van der Waals surface area contributed by atoms with E-state index >= 15 is 0 Å². The first-order valence-corrected chi connectivity index (χ1v) is 5.54. The van der Waals surface area contributed by atoms with Crippen molar-refractivity contribution in [1.82, 2.24) is 0 Å². The van der Waals surface area contributed by atoms with Gasteiger partial charge in [-0.15, -0.1) is 0 Å². The highest BCUT2D eigenvalue weighted by molar-refractivity contribution is 9.10. The van der Waals surface area contributed by atoms with E-state index in [-0.39, 0.29) is 5.78 Å². The maximum Gasteiger partial charge on any atom is 0.229 e. The first-order chi connectivity index (χ1) is 7.59. The van der Waals surface area contributed by atoms with Gasteiger partial charge in [-0.3, -0.25) is 4.79 Å². The third-order valence-corrected chi connectivity index (χ3v) is 3.12. The van der Waals surface area contributed by atoms with Crippen molar-refractivity contribution < 1.29 is 9.21 Å². The van der Waals surface area contributed by atoms with E-state index in [2.05, 4.69) is 15.9 Å². The van der Waals surface area contributed by atoms with Crippen LogP contribution < -0.4 is 5.73 Å².